The predicted molar refractivity (Wildman–Crippen MR) is 82.6 cm³/mol. The van der Waals surface area contributed by atoms with Crippen molar-refractivity contribution in [1.29, 1.82) is 0 Å². The second-order valence-corrected chi connectivity index (χ2v) is 7.26. The fourth-order valence-corrected chi connectivity index (χ4v) is 4.34. The Kier molecular flexibility index (Phi) is 4.13. The Morgan fingerprint density at radius 3 is 2.50 bits per heavy atom. The average molecular weight is 379 g/mol. The van der Waals surface area contributed by atoms with Crippen molar-refractivity contribution in [2.75, 3.05) is 4.72 Å². The van der Waals surface area contributed by atoms with E-state index in [1.165, 1.54) is 0 Å². The predicted octanol–water partition coefficient (Wildman–Crippen LogP) is 3.25. The van der Waals surface area contributed by atoms with Crippen molar-refractivity contribution in [3.8, 4) is 0 Å². The molecule has 1 heterocycles. The van der Waals surface area contributed by atoms with E-state index in [-0.39, 0.29) is 4.90 Å². The Balaban J connectivity index is 2.46. The smallest absolute Gasteiger partial charge is 0.265 e. The number of hydrogen-bond donors (Lipinski definition) is 1. The molecule has 0 saturated heterocycles. The number of anilines is 1. The molecule has 1 N–H and O–H groups in total. The van der Waals surface area contributed by atoms with E-state index in [2.05, 4.69) is 25.8 Å². The molecule has 0 radical (unpaired) electrons. The Hall–Kier alpha value is -1.05. The maximum absolute atomic E-state index is 12.5. The number of aromatic nitrogens is 2. The summed E-state index contributed by atoms with van der Waals surface area (Å²) in [6.45, 7) is 3.38. The van der Waals surface area contributed by atoms with E-state index in [1.807, 2.05) is 0 Å². The van der Waals surface area contributed by atoms with Crippen LogP contribution in [-0.2, 0) is 17.1 Å². The molecule has 0 saturated carbocycles. The molecule has 0 aliphatic heterocycles. The minimum atomic E-state index is -3.70. The molecule has 108 valence electrons. The van der Waals surface area contributed by atoms with Crippen LogP contribution in [0.3, 0.4) is 0 Å². The van der Waals surface area contributed by atoms with Crippen LogP contribution in [0, 0.1) is 13.8 Å². The first kappa shape index (κ1) is 15.3. The van der Waals surface area contributed by atoms with Gasteiger partial charge in [0, 0.05) is 16.5 Å². The summed E-state index contributed by atoms with van der Waals surface area (Å²) in [6.07, 6.45) is 0. The summed E-state index contributed by atoms with van der Waals surface area (Å²) in [5, 5.41) is 4.64. The van der Waals surface area contributed by atoms with E-state index in [4.69, 9.17) is 11.6 Å². The van der Waals surface area contributed by atoms with Gasteiger partial charge in [0.05, 0.1) is 17.1 Å². The molecule has 1 aromatic carbocycles. The monoisotopic (exact) mass is 377 g/mol. The Labute approximate surface area is 131 Å². The van der Waals surface area contributed by atoms with Crippen LogP contribution in [0.25, 0.3) is 0 Å². The minimum Gasteiger partial charge on any atom is -0.278 e. The second-order valence-electron chi connectivity index (χ2n) is 4.35. The summed E-state index contributed by atoms with van der Waals surface area (Å²) in [6, 6.07) is 4.85. The number of nitrogens with zero attached hydrogens (tertiary/aromatic N) is 2. The van der Waals surface area contributed by atoms with Gasteiger partial charge in [-0.05, 0) is 48.0 Å². The molecule has 0 unspecified atom stereocenters. The summed E-state index contributed by atoms with van der Waals surface area (Å²) in [5.74, 6) is 0. The van der Waals surface area contributed by atoms with E-state index < -0.39 is 10.0 Å². The lowest BCUT2D eigenvalue weighted by atomic mass is 10.3. The molecule has 8 heteroatoms. The molecule has 0 spiro atoms. The van der Waals surface area contributed by atoms with Crippen molar-refractivity contribution < 1.29 is 8.42 Å². The van der Waals surface area contributed by atoms with Crippen LogP contribution >= 0.6 is 27.5 Å². The number of hydrogen-bond acceptors (Lipinski definition) is 3. The van der Waals surface area contributed by atoms with Crippen LogP contribution < -0.4 is 4.72 Å². The summed E-state index contributed by atoms with van der Waals surface area (Å²) in [7, 11) is -1.99. The number of rotatable bonds is 3. The third-order valence-corrected chi connectivity index (χ3v) is 5.39. The van der Waals surface area contributed by atoms with Crippen molar-refractivity contribution in [2.24, 2.45) is 7.05 Å². The van der Waals surface area contributed by atoms with Gasteiger partial charge in [-0.3, -0.25) is 9.40 Å². The highest BCUT2D eigenvalue weighted by Gasteiger charge is 2.24. The van der Waals surface area contributed by atoms with Gasteiger partial charge in [-0.1, -0.05) is 11.6 Å². The quantitative estimate of drug-likeness (QED) is 0.891. The molecule has 0 fully saturated rings. The van der Waals surface area contributed by atoms with E-state index in [0.29, 0.717) is 26.6 Å². The number of nitrogens with one attached hydrogen (secondary N) is 1. The summed E-state index contributed by atoms with van der Waals surface area (Å²) in [4.78, 5) is 0.196. The normalized spacial score (nSPS) is 11.7. The molecular formula is C12H13BrClN3O2S. The molecule has 2 rings (SSSR count). The lowest BCUT2D eigenvalue weighted by Crippen LogP contribution is -2.15. The Morgan fingerprint density at radius 1 is 1.35 bits per heavy atom. The maximum atomic E-state index is 12.5. The number of benzene rings is 1. The summed E-state index contributed by atoms with van der Waals surface area (Å²) >= 11 is 9.12. The molecule has 1 aromatic heterocycles. The molecule has 0 bridgehead atoms. The van der Waals surface area contributed by atoms with Crippen molar-refractivity contribution in [2.45, 2.75) is 18.7 Å². The maximum Gasteiger partial charge on any atom is 0.265 e. The van der Waals surface area contributed by atoms with Gasteiger partial charge >= 0.3 is 0 Å². The van der Waals surface area contributed by atoms with Crippen molar-refractivity contribution >= 4 is 43.2 Å². The zero-order valence-corrected chi connectivity index (χ0v) is 14.3. The molecule has 0 aliphatic carbocycles. The zero-order valence-electron chi connectivity index (χ0n) is 11.1. The van der Waals surface area contributed by atoms with Gasteiger partial charge in [0.1, 0.15) is 4.90 Å². The molecule has 20 heavy (non-hydrogen) atoms. The van der Waals surface area contributed by atoms with Gasteiger partial charge in [0.15, 0.2) is 0 Å². The van der Waals surface area contributed by atoms with Crippen LogP contribution in [0.5, 0.6) is 0 Å². The summed E-state index contributed by atoms with van der Waals surface area (Å²) in [5.41, 5.74) is 1.47. The SMILES string of the molecule is Cc1nn(C)c(C)c1S(=O)(=O)Nc1ccc(Cl)cc1Br. The second kappa shape index (κ2) is 5.38. The zero-order chi connectivity index (χ0) is 15.1. The van der Waals surface area contributed by atoms with Gasteiger partial charge in [-0.25, -0.2) is 8.42 Å². The van der Waals surface area contributed by atoms with Crippen molar-refractivity contribution in [3.63, 3.8) is 0 Å². The van der Waals surface area contributed by atoms with E-state index in [1.54, 1.807) is 43.8 Å². The first-order chi connectivity index (χ1) is 9.22. The van der Waals surface area contributed by atoms with Crippen molar-refractivity contribution in [3.05, 3.63) is 39.1 Å². The van der Waals surface area contributed by atoms with Crippen LogP contribution in [0.4, 0.5) is 5.69 Å². The molecule has 0 amide bonds. The fraction of sp³-hybridized carbons (Fsp3) is 0.250. The minimum absolute atomic E-state index is 0.196. The molecule has 2 aromatic rings. The van der Waals surface area contributed by atoms with E-state index in [0.717, 1.165) is 0 Å². The Bertz CT molecular complexity index is 771. The topological polar surface area (TPSA) is 64.0 Å². The van der Waals surface area contributed by atoms with Crippen LogP contribution in [-0.4, -0.2) is 18.2 Å². The highest BCUT2D eigenvalue weighted by molar-refractivity contribution is 9.10. The first-order valence-electron chi connectivity index (χ1n) is 5.70. The number of aryl methyl sites for hydroxylation is 2. The fourth-order valence-electron chi connectivity index (χ4n) is 1.91. The highest BCUT2D eigenvalue weighted by atomic mass is 79.9. The van der Waals surface area contributed by atoms with Gasteiger partial charge in [-0.2, -0.15) is 5.10 Å². The standard InChI is InChI=1S/C12H13BrClN3O2S/c1-7-12(8(2)17(3)15-7)20(18,19)16-11-5-4-9(14)6-10(11)13/h4-6,16H,1-3H3. The average Bonchev–Trinajstić information content (AvgIpc) is 2.57. The number of halogens is 2. The van der Waals surface area contributed by atoms with Gasteiger partial charge < -0.3 is 0 Å². The highest BCUT2D eigenvalue weighted by Crippen LogP contribution is 2.29. The number of sulfonamides is 1. The Morgan fingerprint density at radius 2 is 2.00 bits per heavy atom. The largest absolute Gasteiger partial charge is 0.278 e. The van der Waals surface area contributed by atoms with Gasteiger partial charge in [-0.15, -0.1) is 0 Å². The van der Waals surface area contributed by atoms with Crippen LogP contribution in [0.2, 0.25) is 5.02 Å². The molecule has 0 atom stereocenters. The molecule has 0 aliphatic rings. The van der Waals surface area contributed by atoms with Gasteiger partial charge in [0.25, 0.3) is 10.0 Å². The lowest BCUT2D eigenvalue weighted by molar-refractivity contribution is 0.599. The summed E-state index contributed by atoms with van der Waals surface area (Å²) < 4.78 is 29.6. The van der Waals surface area contributed by atoms with E-state index >= 15 is 0 Å². The first-order valence-corrected chi connectivity index (χ1v) is 8.36. The van der Waals surface area contributed by atoms with Crippen LogP contribution in [0.1, 0.15) is 11.4 Å². The van der Waals surface area contributed by atoms with Crippen molar-refractivity contribution in [1.82, 2.24) is 9.78 Å². The third-order valence-electron chi connectivity index (χ3n) is 2.89. The molecular weight excluding hydrogens is 366 g/mol. The third kappa shape index (κ3) is 2.84. The van der Waals surface area contributed by atoms with Gasteiger partial charge in [0.2, 0.25) is 0 Å². The van der Waals surface area contributed by atoms with Crippen LogP contribution in [0.15, 0.2) is 27.6 Å². The molecule has 5 nitrogen and oxygen atoms in total. The lowest BCUT2D eigenvalue weighted by Gasteiger charge is -2.10. The van der Waals surface area contributed by atoms with E-state index in [9.17, 15) is 8.42 Å².